The number of halogens is 2. The number of rotatable bonds is 10. The van der Waals surface area contributed by atoms with Crippen molar-refractivity contribution in [1.29, 1.82) is 0 Å². The summed E-state index contributed by atoms with van der Waals surface area (Å²) in [6.07, 6.45) is -1.79. The molecule has 160 valence electrons. The molecule has 1 aromatic carbocycles. The summed E-state index contributed by atoms with van der Waals surface area (Å²) in [6.45, 7) is 3.42. The molecule has 0 aliphatic rings. The number of hydrogen-bond acceptors (Lipinski definition) is 7. The molecule has 1 aromatic heterocycles. The summed E-state index contributed by atoms with van der Waals surface area (Å²) in [5.41, 5.74) is 5.16. The van der Waals surface area contributed by atoms with Crippen LogP contribution in [-0.4, -0.2) is 37.8 Å². The number of alkyl halides is 2. The van der Waals surface area contributed by atoms with Crippen LogP contribution < -0.4 is 10.5 Å². The third-order valence-electron chi connectivity index (χ3n) is 3.68. The van der Waals surface area contributed by atoms with E-state index in [0.29, 0.717) is 11.3 Å². The highest BCUT2D eigenvalue weighted by molar-refractivity contribution is 7.90. The standard InChI is InChI=1S/C16H18F2NO7PS2/c1-3-10-11-7-9(15(19)20)8-12(25-5-4-6-29(2,23)24)13(11)28-14(10)16(17,18)26-27(21)22/h3,7-8,27H,1,4-6H2,2H3,(H2,19,20)(H,21,22). The molecule has 1 heterocycles. The molecule has 0 spiro atoms. The van der Waals surface area contributed by atoms with Crippen LogP contribution in [0, 0.1) is 0 Å². The lowest BCUT2D eigenvalue weighted by Gasteiger charge is -2.13. The molecular formula is C16H18F2NO7PS2. The molecule has 0 saturated heterocycles. The molecule has 0 fully saturated rings. The van der Waals surface area contributed by atoms with Gasteiger partial charge in [-0.25, -0.2) is 12.9 Å². The summed E-state index contributed by atoms with van der Waals surface area (Å²) < 4.78 is 71.5. The number of nitrogens with two attached hydrogens (primary N) is 1. The molecule has 1 atom stereocenters. The van der Waals surface area contributed by atoms with E-state index in [2.05, 4.69) is 11.1 Å². The monoisotopic (exact) mass is 469 g/mol. The zero-order chi connectivity index (χ0) is 22.0. The summed E-state index contributed by atoms with van der Waals surface area (Å²) in [5.74, 6) is -0.939. The Morgan fingerprint density at radius 2 is 2.10 bits per heavy atom. The maximum absolute atomic E-state index is 14.3. The number of hydrogen-bond donors (Lipinski definition) is 2. The van der Waals surface area contributed by atoms with Gasteiger partial charge >= 0.3 is 14.4 Å². The molecule has 0 radical (unpaired) electrons. The van der Waals surface area contributed by atoms with E-state index in [-0.39, 0.29) is 45.7 Å². The number of carbonyl (C=O) groups excluding carboxylic acids is 1. The lowest BCUT2D eigenvalue weighted by molar-refractivity contribution is -0.183. The second-order valence-electron chi connectivity index (χ2n) is 5.98. The highest BCUT2D eigenvalue weighted by atomic mass is 32.2. The number of amides is 1. The molecule has 0 aliphatic carbocycles. The van der Waals surface area contributed by atoms with Gasteiger partial charge in [-0.05, 0) is 18.6 Å². The number of fused-ring (bicyclic) bond motifs is 1. The third kappa shape index (κ3) is 5.83. The minimum Gasteiger partial charge on any atom is -0.492 e. The van der Waals surface area contributed by atoms with Gasteiger partial charge in [-0.15, -0.1) is 11.3 Å². The molecule has 0 saturated carbocycles. The maximum atomic E-state index is 14.3. The van der Waals surface area contributed by atoms with Crippen LogP contribution in [0.5, 0.6) is 5.75 Å². The van der Waals surface area contributed by atoms with E-state index in [1.165, 1.54) is 12.1 Å². The van der Waals surface area contributed by atoms with E-state index in [1.807, 2.05) is 0 Å². The van der Waals surface area contributed by atoms with Gasteiger partial charge in [0.15, 0.2) is 0 Å². The first-order valence-electron chi connectivity index (χ1n) is 7.99. The third-order valence-corrected chi connectivity index (χ3v) is 6.43. The number of benzene rings is 1. The maximum Gasteiger partial charge on any atom is 0.399 e. The van der Waals surface area contributed by atoms with Crippen molar-refractivity contribution in [3.63, 3.8) is 0 Å². The van der Waals surface area contributed by atoms with Crippen LogP contribution in [0.2, 0.25) is 0 Å². The number of carbonyl (C=O) groups is 1. The predicted octanol–water partition coefficient (Wildman–Crippen LogP) is 2.90. The van der Waals surface area contributed by atoms with E-state index in [1.54, 1.807) is 0 Å². The first kappa shape index (κ1) is 23.4. The van der Waals surface area contributed by atoms with Crippen molar-refractivity contribution in [3.05, 3.63) is 34.7 Å². The lowest BCUT2D eigenvalue weighted by atomic mass is 10.1. The minimum atomic E-state index is -4.08. The van der Waals surface area contributed by atoms with Crippen molar-refractivity contribution >= 4 is 51.5 Å². The molecule has 2 aromatic rings. The van der Waals surface area contributed by atoms with E-state index in [4.69, 9.17) is 15.4 Å². The summed E-state index contributed by atoms with van der Waals surface area (Å²) in [6, 6.07) is 2.53. The summed E-state index contributed by atoms with van der Waals surface area (Å²) >= 11 is 0.533. The smallest absolute Gasteiger partial charge is 0.399 e. The van der Waals surface area contributed by atoms with Crippen molar-refractivity contribution in [2.75, 3.05) is 18.6 Å². The van der Waals surface area contributed by atoms with Gasteiger partial charge < -0.3 is 15.4 Å². The fourth-order valence-electron chi connectivity index (χ4n) is 2.51. The SMILES string of the molecule is C=Cc1c(C(F)(F)O[PH](=O)O)sc2c(OCCCS(C)(=O)=O)cc(C(N)=O)cc12. The summed E-state index contributed by atoms with van der Waals surface area (Å²) in [4.78, 5) is 19.7. The highest BCUT2D eigenvalue weighted by Gasteiger charge is 2.40. The van der Waals surface area contributed by atoms with E-state index in [0.717, 1.165) is 12.3 Å². The van der Waals surface area contributed by atoms with Gasteiger partial charge in [0.25, 0.3) is 0 Å². The number of thiophene rings is 1. The summed E-state index contributed by atoms with van der Waals surface area (Å²) in [5, 5.41) is 0.162. The molecule has 8 nitrogen and oxygen atoms in total. The molecule has 0 bridgehead atoms. The Morgan fingerprint density at radius 3 is 2.62 bits per heavy atom. The van der Waals surface area contributed by atoms with Crippen LogP contribution in [0.25, 0.3) is 16.2 Å². The van der Waals surface area contributed by atoms with E-state index >= 15 is 0 Å². The lowest BCUT2D eigenvalue weighted by Crippen LogP contribution is -2.13. The Morgan fingerprint density at radius 1 is 1.45 bits per heavy atom. The second-order valence-corrected chi connectivity index (χ2v) is 10.00. The molecule has 1 unspecified atom stereocenters. The Labute approximate surface area is 169 Å². The van der Waals surface area contributed by atoms with Gasteiger partial charge in [0.05, 0.1) is 17.1 Å². The normalized spacial score (nSPS) is 13.4. The second kappa shape index (κ2) is 8.88. The molecule has 13 heteroatoms. The minimum absolute atomic E-state index is 0.0250. The van der Waals surface area contributed by atoms with Crippen molar-refractivity contribution in [3.8, 4) is 5.75 Å². The fraction of sp³-hybridized carbons (Fsp3) is 0.312. The Kier molecular flexibility index (Phi) is 7.18. The van der Waals surface area contributed by atoms with Gasteiger partial charge in [-0.2, -0.15) is 8.78 Å². The largest absolute Gasteiger partial charge is 0.492 e. The van der Waals surface area contributed by atoms with E-state index in [9.17, 15) is 26.6 Å². The van der Waals surface area contributed by atoms with Gasteiger partial charge in [-0.3, -0.25) is 9.36 Å². The van der Waals surface area contributed by atoms with Crippen molar-refractivity contribution < 1.29 is 40.7 Å². The fourth-order valence-corrected chi connectivity index (χ4v) is 4.72. The van der Waals surface area contributed by atoms with Gasteiger partial charge in [0.2, 0.25) is 5.91 Å². The highest BCUT2D eigenvalue weighted by Crippen LogP contribution is 2.48. The predicted molar refractivity (Wildman–Crippen MR) is 106 cm³/mol. The molecule has 1 amide bonds. The Balaban J connectivity index is 2.56. The van der Waals surface area contributed by atoms with Crippen LogP contribution in [0.15, 0.2) is 18.7 Å². The number of ether oxygens (including phenoxy) is 1. The summed E-state index contributed by atoms with van der Waals surface area (Å²) in [7, 11) is -7.16. The molecule has 0 aliphatic heterocycles. The zero-order valence-electron chi connectivity index (χ0n) is 15.1. The molecule has 3 N–H and O–H groups in total. The van der Waals surface area contributed by atoms with Crippen molar-refractivity contribution in [2.24, 2.45) is 5.73 Å². The van der Waals surface area contributed by atoms with Crippen LogP contribution in [0.3, 0.4) is 0 Å². The zero-order valence-corrected chi connectivity index (χ0v) is 17.7. The Bertz CT molecular complexity index is 1080. The van der Waals surface area contributed by atoms with Crippen molar-refractivity contribution in [1.82, 2.24) is 0 Å². The molecule has 2 rings (SSSR count). The van der Waals surface area contributed by atoms with Crippen LogP contribution in [-0.2, 0) is 25.0 Å². The van der Waals surface area contributed by atoms with E-state index < -0.39 is 35.0 Å². The van der Waals surface area contributed by atoms with Crippen molar-refractivity contribution in [2.45, 2.75) is 12.5 Å². The molecule has 29 heavy (non-hydrogen) atoms. The van der Waals surface area contributed by atoms with Crippen LogP contribution in [0.4, 0.5) is 8.78 Å². The number of sulfone groups is 1. The van der Waals surface area contributed by atoms with Gasteiger partial charge in [-0.1, -0.05) is 12.7 Å². The quantitative estimate of drug-likeness (QED) is 0.404. The topological polar surface area (TPSA) is 133 Å². The van der Waals surface area contributed by atoms with Gasteiger partial charge in [0.1, 0.15) is 20.5 Å². The first-order chi connectivity index (χ1) is 13.4. The average Bonchev–Trinajstić information content (AvgIpc) is 2.96. The van der Waals surface area contributed by atoms with Crippen LogP contribution >= 0.6 is 19.6 Å². The van der Waals surface area contributed by atoms with Crippen LogP contribution in [0.1, 0.15) is 27.2 Å². The number of primary amides is 1. The van der Waals surface area contributed by atoms with Gasteiger partial charge in [0, 0.05) is 22.8 Å². The average molecular weight is 469 g/mol. The first-order valence-corrected chi connectivity index (χ1v) is 12.1. The molecular weight excluding hydrogens is 451 g/mol. The Hall–Kier alpha value is -1.85.